The highest BCUT2D eigenvalue weighted by Gasteiger charge is 2.43. The van der Waals surface area contributed by atoms with E-state index in [4.69, 9.17) is 14.2 Å². The third kappa shape index (κ3) is 4.76. The molecule has 2 aliphatic carbocycles. The number of phenolic OH excluding ortho intramolecular Hbond substituents is 1. The highest BCUT2D eigenvalue weighted by molar-refractivity contribution is 6.16. The van der Waals surface area contributed by atoms with Crippen LogP contribution >= 0.6 is 0 Å². The minimum atomic E-state index is -0.266. The van der Waals surface area contributed by atoms with Crippen molar-refractivity contribution in [1.82, 2.24) is 0 Å². The summed E-state index contributed by atoms with van der Waals surface area (Å²) >= 11 is 0. The number of carbonyl (C=O) groups is 1. The van der Waals surface area contributed by atoms with Crippen LogP contribution in [-0.2, 0) is 6.61 Å². The van der Waals surface area contributed by atoms with Crippen molar-refractivity contribution in [2.45, 2.75) is 66.4 Å². The molecule has 5 rings (SSSR count). The van der Waals surface area contributed by atoms with Crippen LogP contribution in [0.2, 0.25) is 0 Å². The van der Waals surface area contributed by atoms with Gasteiger partial charge in [-0.2, -0.15) is 0 Å². The summed E-state index contributed by atoms with van der Waals surface area (Å²) < 4.78 is 17.9. The molecule has 0 fully saturated rings. The average Bonchev–Trinajstić information content (AvgIpc) is 2.94. The summed E-state index contributed by atoms with van der Waals surface area (Å²) in [6.07, 6.45) is 2.90. The third-order valence-electron chi connectivity index (χ3n) is 9.23. The number of phenols is 1. The normalized spacial score (nSPS) is 19.1. The number of rotatable bonds is 7. The molecule has 5 heteroatoms. The molecule has 1 N–H and O–H groups in total. The fraction of sp³-hybridized carbons (Fsp3) is 0.400. The van der Waals surface area contributed by atoms with E-state index in [0.29, 0.717) is 35.8 Å². The quantitative estimate of drug-likeness (QED) is 0.306. The minimum Gasteiger partial charge on any atom is -0.507 e. The Morgan fingerprint density at radius 1 is 0.875 bits per heavy atom. The molecule has 5 nitrogen and oxygen atoms in total. The van der Waals surface area contributed by atoms with Crippen LogP contribution < -0.4 is 14.2 Å². The summed E-state index contributed by atoms with van der Waals surface area (Å²) in [5, 5.41) is 11.1. The Hall–Kier alpha value is -3.73. The van der Waals surface area contributed by atoms with Crippen LogP contribution in [-0.4, -0.2) is 25.1 Å². The minimum absolute atomic E-state index is 0.00302. The maximum atomic E-state index is 14.2. The topological polar surface area (TPSA) is 65.0 Å². The molecule has 0 bridgehead atoms. The first-order chi connectivity index (χ1) is 19.0. The van der Waals surface area contributed by atoms with E-state index < -0.39 is 0 Å². The second-order valence-electron chi connectivity index (χ2n) is 12.4. The fourth-order valence-electron chi connectivity index (χ4n) is 6.45. The maximum absolute atomic E-state index is 14.2. The predicted molar refractivity (Wildman–Crippen MR) is 158 cm³/mol. The Morgan fingerprint density at radius 2 is 1.57 bits per heavy atom. The standard InChI is InChI=1S/C35H40O5/c1-21-26(35(4,5)16-15-34(21,2)3)19-25-24-17-23(38-6)18-29(40-20-22-11-9-8-10-12-22)31(24)33(37)32-27(36)13-14-28(39-7)30(25)32/h8-14,17-18,25,36H,15-16,19-20H2,1-7H3. The summed E-state index contributed by atoms with van der Waals surface area (Å²) in [5.41, 5.74) is 6.19. The second-order valence-corrected chi connectivity index (χ2v) is 12.4. The Balaban J connectivity index is 1.74. The summed E-state index contributed by atoms with van der Waals surface area (Å²) in [7, 11) is 3.24. The number of methoxy groups -OCH3 is 2. The lowest BCUT2D eigenvalue weighted by Gasteiger charge is -2.44. The third-order valence-corrected chi connectivity index (χ3v) is 9.23. The van der Waals surface area contributed by atoms with Crippen LogP contribution in [0.1, 0.15) is 92.4 Å². The van der Waals surface area contributed by atoms with Crippen LogP contribution in [0.3, 0.4) is 0 Å². The maximum Gasteiger partial charge on any atom is 0.201 e. The van der Waals surface area contributed by atoms with Gasteiger partial charge in [0.2, 0.25) is 5.78 Å². The Labute approximate surface area is 237 Å². The summed E-state index contributed by atoms with van der Waals surface area (Å²) in [6.45, 7) is 11.8. The molecule has 0 saturated carbocycles. The molecule has 3 aromatic carbocycles. The molecule has 1 unspecified atom stereocenters. The SMILES string of the molecule is COc1cc(OCc2ccccc2)c2c(c1)C(CC1=C(C)C(C)(C)CCC1(C)C)c1c(OC)ccc(O)c1C2=O. The number of ketones is 1. The van der Waals surface area contributed by atoms with Gasteiger partial charge in [-0.1, -0.05) is 69.2 Å². The largest absolute Gasteiger partial charge is 0.507 e. The molecule has 0 spiro atoms. The van der Waals surface area contributed by atoms with E-state index in [1.165, 1.54) is 11.1 Å². The molecule has 0 aliphatic heterocycles. The van der Waals surface area contributed by atoms with Crippen LogP contribution in [0.4, 0.5) is 0 Å². The molecular formula is C35H40O5. The average molecular weight is 541 g/mol. The highest BCUT2D eigenvalue weighted by Crippen LogP contribution is 2.56. The van der Waals surface area contributed by atoms with Gasteiger partial charge in [-0.25, -0.2) is 0 Å². The summed E-state index contributed by atoms with van der Waals surface area (Å²) in [4.78, 5) is 14.2. The van der Waals surface area contributed by atoms with Gasteiger partial charge in [-0.05, 0) is 66.3 Å². The van der Waals surface area contributed by atoms with Crippen LogP contribution in [0, 0.1) is 10.8 Å². The first-order valence-corrected chi connectivity index (χ1v) is 14.0. The van der Waals surface area contributed by atoms with E-state index in [1.807, 2.05) is 36.4 Å². The Morgan fingerprint density at radius 3 is 2.25 bits per heavy atom. The molecule has 0 saturated heterocycles. The van der Waals surface area contributed by atoms with Crippen molar-refractivity contribution in [3.63, 3.8) is 0 Å². The molecule has 1 atom stereocenters. The molecule has 210 valence electrons. The van der Waals surface area contributed by atoms with E-state index in [9.17, 15) is 9.90 Å². The van der Waals surface area contributed by atoms with E-state index in [-0.39, 0.29) is 33.8 Å². The van der Waals surface area contributed by atoms with E-state index >= 15 is 0 Å². The van der Waals surface area contributed by atoms with Crippen molar-refractivity contribution >= 4 is 5.78 Å². The number of carbonyl (C=O) groups excluding carboxylic acids is 1. The van der Waals surface area contributed by atoms with Crippen molar-refractivity contribution in [2.75, 3.05) is 14.2 Å². The number of ether oxygens (including phenoxy) is 3. The first kappa shape index (κ1) is 27.8. The Bertz CT molecular complexity index is 1480. The van der Waals surface area contributed by atoms with Crippen molar-refractivity contribution in [1.29, 1.82) is 0 Å². The number of hydrogen-bond donors (Lipinski definition) is 1. The highest BCUT2D eigenvalue weighted by atomic mass is 16.5. The monoisotopic (exact) mass is 540 g/mol. The number of fused-ring (bicyclic) bond motifs is 2. The van der Waals surface area contributed by atoms with E-state index in [2.05, 4.69) is 34.6 Å². The molecule has 0 amide bonds. The zero-order chi connectivity index (χ0) is 28.8. The lowest BCUT2D eigenvalue weighted by Crippen LogP contribution is -2.32. The Kier molecular flexibility index (Phi) is 7.20. The zero-order valence-electron chi connectivity index (χ0n) is 24.7. The van der Waals surface area contributed by atoms with Crippen molar-refractivity contribution in [3.05, 3.63) is 93.6 Å². The van der Waals surface area contributed by atoms with Crippen LogP contribution in [0.5, 0.6) is 23.0 Å². The molecule has 2 aliphatic rings. The van der Waals surface area contributed by atoms with Gasteiger partial charge in [0, 0.05) is 17.5 Å². The van der Waals surface area contributed by atoms with Crippen molar-refractivity contribution < 1.29 is 24.1 Å². The van der Waals surface area contributed by atoms with Gasteiger partial charge in [0.05, 0.1) is 25.3 Å². The number of aromatic hydroxyl groups is 1. The van der Waals surface area contributed by atoms with Gasteiger partial charge in [-0.3, -0.25) is 4.79 Å². The number of allylic oxidation sites excluding steroid dienone is 2. The van der Waals surface area contributed by atoms with Gasteiger partial charge in [0.1, 0.15) is 29.6 Å². The fourth-order valence-corrected chi connectivity index (χ4v) is 6.45. The van der Waals surface area contributed by atoms with Crippen molar-refractivity contribution in [3.8, 4) is 23.0 Å². The summed E-state index contributed by atoms with van der Waals surface area (Å²) in [5.74, 6) is 1.12. The van der Waals surface area contributed by atoms with Gasteiger partial charge in [0.25, 0.3) is 0 Å². The number of benzene rings is 3. The first-order valence-electron chi connectivity index (χ1n) is 14.0. The van der Waals surface area contributed by atoms with Gasteiger partial charge >= 0.3 is 0 Å². The lowest BCUT2D eigenvalue weighted by molar-refractivity contribution is 0.102. The summed E-state index contributed by atoms with van der Waals surface area (Å²) in [6, 6.07) is 16.9. The molecular weight excluding hydrogens is 500 g/mol. The van der Waals surface area contributed by atoms with Crippen molar-refractivity contribution in [2.24, 2.45) is 10.8 Å². The van der Waals surface area contributed by atoms with Crippen LogP contribution in [0.25, 0.3) is 0 Å². The van der Waals surface area contributed by atoms with Gasteiger partial charge in [0.15, 0.2) is 0 Å². The van der Waals surface area contributed by atoms with E-state index in [0.717, 1.165) is 29.5 Å². The van der Waals surface area contributed by atoms with Gasteiger partial charge in [-0.15, -0.1) is 0 Å². The lowest BCUT2D eigenvalue weighted by atomic mass is 9.60. The molecule has 40 heavy (non-hydrogen) atoms. The molecule has 0 heterocycles. The number of hydrogen-bond acceptors (Lipinski definition) is 5. The zero-order valence-corrected chi connectivity index (χ0v) is 24.7. The molecule has 3 aromatic rings. The van der Waals surface area contributed by atoms with Crippen LogP contribution in [0.15, 0.2) is 65.7 Å². The van der Waals surface area contributed by atoms with E-state index in [1.54, 1.807) is 32.4 Å². The van der Waals surface area contributed by atoms with Gasteiger partial charge < -0.3 is 19.3 Å². The predicted octanol–water partition coefficient (Wildman–Crippen LogP) is 8.22. The second kappa shape index (κ2) is 10.3. The molecule has 0 radical (unpaired) electrons. The molecule has 0 aromatic heterocycles. The smallest absolute Gasteiger partial charge is 0.201 e.